The monoisotopic (exact) mass is 203 g/mol. The van der Waals surface area contributed by atoms with Gasteiger partial charge < -0.3 is 10.1 Å². The zero-order valence-corrected chi connectivity index (χ0v) is 9.07. The third-order valence-electron chi connectivity index (χ3n) is 3.51. The van der Waals surface area contributed by atoms with Crippen LogP contribution in [0.15, 0.2) is 24.3 Å². The maximum atomic E-state index is 5.64. The van der Waals surface area contributed by atoms with Gasteiger partial charge in [-0.1, -0.05) is 25.1 Å². The molecule has 80 valence electrons. The molecule has 0 radical (unpaired) electrons. The van der Waals surface area contributed by atoms with E-state index in [9.17, 15) is 0 Å². The smallest absolute Gasteiger partial charge is 0.124 e. The van der Waals surface area contributed by atoms with Gasteiger partial charge in [-0.15, -0.1) is 0 Å². The van der Waals surface area contributed by atoms with Crippen LogP contribution in [0, 0.1) is 5.92 Å². The Bertz CT molecular complexity index is 357. The van der Waals surface area contributed by atoms with E-state index in [0.717, 1.165) is 18.3 Å². The first-order valence-electron chi connectivity index (χ1n) is 5.80. The van der Waals surface area contributed by atoms with Crippen molar-refractivity contribution in [3.05, 3.63) is 29.8 Å². The van der Waals surface area contributed by atoms with E-state index in [4.69, 9.17) is 4.74 Å². The van der Waals surface area contributed by atoms with Gasteiger partial charge in [-0.2, -0.15) is 0 Å². The number of hydrogen-bond acceptors (Lipinski definition) is 2. The highest BCUT2D eigenvalue weighted by Gasteiger charge is 2.31. The van der Waals surface area contributed by atoms with Crippen LogP contribution >= 0.6 is 0 Å². The quantitative estimate of drug-likeness (QED) is 0.797. The Hall–Kier alpha value is -1.02. The predicted molar refractivity (Wildman–Crippen MR) is 60.0 cm³/mol. The Morgan fingerprint density at radius 1 is 1.27 bits per heavy atom. The summed E-state index contributed by atoms with van der Waals surface area (Å²) in [5, 5.41) is 3.68. The Balaban J connectivity index is 1.69. The molecular formula is C13H17NO. The van der Waals surface area contributed by atoms with Crippen molar-refractivity contribution in [2.24, 2.45) is 5.92 Å². The van der Waals surface area contributed by atoms with Gasteiger partial charge in [0, 0.05) is 11.6 Å². The molecule has 1 atom stereocenters. The molecule has 1 heterocycles. The zero-order valence-electron chi connectivity index (χ0n) is 9.07. The molecular weight excluding hydrogens is 186 g/mol. The molecule has 1 N–H and O–H groups in total. The first-order valence-corrected chi connectivity index (χ1v) is 5.80. The van der Waals surface area contributed by atoms with Crippen molar-refractivity contribution in [3.63, 3.8) is 0 Å². The number of nitrogens with one attached hydrogen (secondary N) is 1. The number of ether oxygens (including phenoxy) is 1. The topological polar surface area (TPSA) is 21.3 Å². The number of hydrogen-bond donors (Lipinski definition) is 1. The summed E-state index contributed by atoms with van der Waals surface area (Å²) in [5.74, 6) is 1.96. The summed E-state index contributed by atoms with van der Waals surface area (Å²) in [6.45, 7) is 3.11. The van der Waals surface area contributed by atoms with Crippen molar-refractivity contribution < 1.29 is 4.74 Å². The minimum Gasteiger partial charge on any atom is -0.491 e. The van der Waals surface area contributed by atoms with E-state index in [1.807, 2.05) is 6.07 Å². The van der Waals surface area contributed by atoms with Crippen molar-refractivity contribution in [1.82, 2.24) is 5.32 Å². The summed E-state index contributed by atoms with van der Waals surface area (Å²) >= 11 is 0. The highest BCUT2D eigenvalue weighted by Crippen LogP contribution is 2.35. The zero-order chi connectivity index (χ0) is 10.3. The number of benzene rings is 1. The summed E-state index contributed by atoms with van der Waals surface area (Å²) in [4.78, 5) is 0. The molecule has 1 aromatic rings. The van der Waals surface area contributed by atoms with Crippen molar-refractivity contribution in [2.45, 2.75) is 31.8 Å². The van der Waals surface area contributed by atoms with Crippen molar-refractivity contribution in [1.29, 1.82) is 0 Å². The molecule has 1 fully saturated rings. The van der Waals surface area contributed by atoms with Gasteiger partial charge in [0.1, 0.15) is 12.4 Å². The molecule has 0 spiro atoms. The van der Waals surface area contributed by atoms with Crippen LogP contribution in [0.5, 0.6) is 5.75 Å². The van der Waals surface area contributed by atoms with E-state index < -0.39 is 0 Å². The minimum atomic E-state index is 0.415. The Morgan fingerprint density at radius 2 is 2.07 bits per heavy atom. The molecule has 2 aliphatic rings. The molecule has 15 heavy (non-hydrogen) atoms. The molecule has 0 saturated heterocycles. The number of fused-ring (bicyclic) bond motifs is 1. The third-order valence-corrected chi connectivity index (χ3v) is 3.51. The summed E-state index contributed by atoms with van der Waals surface area (Å²) < 4.78 is 5.64. The fraction of sp³-hybridized carbons (Fsp3) is 0.538. The van der Waals surface area contributed by atoms with Gasteiger partial charge >= 0.3 is 0 Å². The SMILES string of the molecule is CC1CC(NC2COc3ccccc32)C1. The normalized spacial score (nSPS) is 33.0. The van der Waals surface area contributed by atoms with Gasteiger partial charge in [-0.05, 0) is 24.8 Å². The van der Waals surface area contributed by atoms with Gasteiger partial charge in [0.25, 0.3) is 0 Å². The summed E-state index contributed by atoms with van der Waals surface area (Å²) in [7, 11) is 0. The fourth-order valence-corrected chi connectivity index (χ4v) is 2.62. The lowest BCUT2D eigenvalue weighted by molar-refractivity contribution is 0.205. The molecule has 1 aliphatic heterocycles. The van der Waals surface area contributed by atoms with E-state index in [1.165, 1.54) is 18.4 Å². The maximum absolute atomic E-state index is 5.64. The lowest BCUT2D eigenvalue weighted by atomic mass is 9.81. The van der Waals surface area contributed by atoms with Gasteiger partial charge in [-0.25, -0.2) is 0 Å². The lowest BCUT2D eigenvalue weighted by Crippen LogP contribution is -2.42. The highest BCUT2D eigenvalue weighted by molar-refractivity contribution is 5.39. The molecule has 0 aromatic heterocycles. The standard InChI is InChI=1S/C13H17NO/c1-9-6-10(7-9)14-12-8-15-13-5-3-2-4-11(12)13/h2-5,9-10,12,14H,6-8H2,1H3. The molecule has 0 bridgehead atoms. The van der Waals surface area contributed by atoms with Gasteiger partial charge in [-0.3, -0.25) is 0 Å². The van der Waals surface area contributed by atoms with Crippen molar-refractivity contribution in [3.8, 4) is 5.75 Å². The average molecular weight is 203 g/mol. The maximum Gasteiger partial charge on any atom is 0.124 e. The average Bonchev–Trinajstić information content (AvgIpc) is 2.60. The van der Waals surface area contributed by atoms with Crippen LogP contribution in [0.25, 0.3) is 0 Å². The lowest BCUT2D eigenvalue weighted by Gasteiger charge is -2.35. The second-order valence-electron chi connectivity index (χ2n) is 4.84. The van der Waals surface area contributed by atoms with E-state index in [1.54, 1.807) is 0 Å². The van der Waals surface area contributed by atoms with Crippen LogP contribution in [0.2, 0.25) is 0 Å². The second-order valence-corrected chi connectivity index (χ2v) is 4.84. The minimum absolute atomic E-state index is 0.415. The largest absolute Gasteiger partial charge is 0.491 e. The van der Waals surface area contributed by atoms with Crippen LogP contribution in [0.4, 0.5) is 0 Å². The highest BCUT2D eigenvalue weighted by atomic mass is 16.5. The molecule has 1 aliphatic carbocycles. The summed E-state index contributed by atoms with van der Waals surface area (Å²) in [6, 6.07) is 9.47. The molecule has 3 rings (SSSR count). The first-order chi connectivity index (χ1) is 7.33. The Kier molecular flexibility index (Phi) is 2.17. The third kappa shape index (κ3) is 1.63. The van der Waals surface area contributed by atoms with Crippen LogP contribution in [-0.2, 0) is 0 Å². The number of rotatable bonds is 2. The molecule has 2 heteroatoms. The van der Waals surface area contributed by atoms with Crippen LogP contribution in [0.3, 0.4) is 0 Å². The van der Waals surface area contributed by atoms with E-state index in [0.29, 0.717) is 12.1 Å². The molecule has 1 saturated carbocycles. The fourth-order valence-electron chi connectivity index (χ4n) is 2.62. The summed E-state index contributed by atoms with van der Waals surface area (Å²) in [6.07, 6.45) is 2.64. The molecule has 0 amide bonds. The molecule has 1 unspecified atom stereocenters. The van der Waals surface area contributed by atoms with Crippen molar-refractivity contribution in [2.75, 3.05) is 6.61 Å². The van der Waals surface area contributed by atoms with E-state index in [-0.39, 0.29) is 0 Å². The molecule has 2 nitrogen and oxygen atoms in total. The first kappa shape index (κ1) is 9.22. The summed E-state index contributed by atoms with van der Waals surface area (Å²) in [5.41, 5.74) is 1.33. The Labute approximate surface area is 90.6 Å². The van der Waals surface area contributed by atoms with E-state index >= 15 is 0 Å². The van der Waals surface area contributed by atoms with Gasteiger partial charge in [0.15, 0.2) is 0 Å². The van der Waals surface area contributed by atoms with Crippen LogP contribution in [0.1, 0.15) is 31.4 Å². The van der Waals surface area contributed by atoms with Crippen LogP contribution < -0.4 is 10.1 Å². The van der Waals surface area contributed by atoms with Gasteiger partial charge in [0.2, 0.25) is 0 Å². The van der Waals surface area contributed by atoms with E-state index in [2.05, 4.69) is 30.4 Å². The van der Waals surface area contributed by atoms with Crippen molar-refractivity contribution >= 4 is 0 Å². The second kappa shape index (κ2) is 3.53. The Morgan fingerprint density at radius 3 is 2.87 bits per heavy atom. The predicted octanol–water partition coefficient (Wildman–Crippen LogP) is 2.51. The molecule has 1 aromatic carbocycles. The van der Waals surface area contributed by atoms with Gasteiger partial charge in [0.05, 0.1) is 6.04 Å². The van der Waals surface area contributed by atoms with Crippen LogP contribution in [-0.4, -0.2) is 12.6 Å². The number of para-hydroxylation sites is 1.